The van der Waals surface area contributed by atoms with Crippen molar-refractivity contribution in [1.29, 1.82) is 0 Å². The summed E-state index contributed by atoms with van der Waals surface area (Å²) in [6.45, 7) is 7.52. The maximum absolute atomic E-state index is 5.30. The van der Waals surface area contributed by atoms with Crippen molar-refractivity contribution in [3.05, 3.63) is 28.2 Å². The Labute approximate surface area is 125 Å². The lowest BCUT2D eigenvalue weighted by atomic mass is 10.1. The Morgan fingerprint density at radius 1 is 1.32 bits per heavy atom. The van der Waals surface area contributed by atoms with Crippen molar-refractivity contribution in [3.8, 4) is 5.75 Å². The van der Waals surface area contributed by atoms with Crippen molar-refractivity contribution in [2.75, 3.05) is 34.3 Å². The van der Waals surface area contributed by atoms with Crippen molar-refractivity contribution in [1.82, 2.24) is 9.80 Å². The molecule has 108 valence electrons. The van der Waals surface area contributed by atoms with Gasteiger partial charge in [0.2, 0.25) is 0 Å². The van der Waals surface area contributed by atoms with Gasteiger partial charge >= 0.3 is 0 Å². The summed E-state index contributed by atoms with van der Waals surface area (Å²) in [5.74, 6) is 0.912. The lowest BCUT2D eigenvalue weighted by Gasteiger charge is -2.30. The second-order valence-corrected chi connectivity index (χ2v) is 5.99. The second-order valence-electron chi connectivity index (χ2n) is 5.13. The number of halogens is 1. The molecule has 1 aromatic carbocycles. The van der Waals surface area contributed by atoms with Crippen LogP contribution in [-0.4, -0.2) is 50.1 Å². The van der Waals surface area contributed by atoms with Crippen LogP contribution >= 0.6 is 15.9 Å². The fraction of sp³-hybridized carbons (Fsp3) is 0.600. The van der Waals surface area contributed by atoms with E-state index in [2.05, 4.69) is 65.8 Å². The Hall–Kier alpha value is -0.580. The summed E-state index contributed by atoms with van der Waals surface area (Å²) in [7, 11) is 5.94. The van der Waals surface area contributed by atoms with Crippen LogP contribution in [0, 0.1) is 0 Å². The van der Waals surface area contributed by atoms with Crippen LogP contribution in [0.5, 0.6) is 5.75 Å². The lowest BCUT2D eigenvalue weighted by molar-refractivity contribution is 0.174. The summed E-state index contributed by atoms with van der Waals surface area (Å²) in [5.41, 5.74) is 1.27. The molecule has 19 heavy (non-hydrogen) atoms. The summed E-state index contributed by atoms with van der Waals surface area (Å²) in [4.78, 5) is 4.70. The van der Waals surface area contributed by atoms with Crippen LogP contribution in [0.3, 0.4) is 0 Å². The van der Waals surface area contributed by atoms with Gasteiger partial charge in [-0.3, -0.25) is 4.90 Å². The van der Waals surface area contributed by atoms with Gasteiger partial charge < -0.3 is 9.64 Å². The van der Waals surface area contributed by atoms with E-state index in [1.165, 1.54) is 5.56 Å². The van der Waals surface area contributed by atoms with Gasteiger partial charge in [0.25, 0.3) is 0 Å². The van der Waals surface area contributed by atoms with Crippen molar-refractivity contribution in [2.45, 2.75) is 26.4 Å². The molecule has 0 aliphatic rings. The van der Waals surface area contributed by atoms with E-state index in [0.717, 1.165) is 29.9 Å². The molecule has 1 unspecified atom stereocenters. The van der Waals surface area contributed by atoms with Gasteiger partial charge in [-0.15, -0.1) is 0 Å². The van der Waals surface area contributed by atoms with Crippen LogP contribution in [0.4, 0.5) is 0 Å². The maximum atomic E-state index is 5.30. The summed E-state index contributed by atoms with van der Waals surface area (Å²) in [5, 5.41) is 0. The number of rotatable bonds is 7. The third-order valence-electron chi connectivity index (χ3n) is 3.29. The van der Waals surface area contributed by atoms with Gasteiger partial charge in [0.15, 0.2) is 0 Å². The maximum Gasteiger partial charge on any atom is 0.119 e. The molecule has 4 heteroatoms. The quantitative estimate of drug-likeness (QED) is 0.764. The van der Waals surface area contributed by atoms with Gasteiger partial charge in [0, 0.05) is 23.6 Å². The van der Waals surface area contributed by atoms with E-state index in [1.54, 1.807) is 7.11 Å². The highest BCUT2D eigenvalue weighted by Gasteiger charge is 2.15. The van der Waals surface area contributed by atoms with Crippen molar-refractivity contribution >= 4 is 15.9 Å². The summed E-state index contributed by atoms with van der Waals surface area (Å²) in [6, 6.07) is 6.67. The smallest absolute Gasteiger partial charge is 0.119 e. The first-order chi connectivity index (χ1) is 8.97. The average molecular weight is 329 g/mol. The first kappa shape index (κ1) is 16.5. The minimum atomic E-state index is 0.526. The molecule has 0 bridgehead atoms. The highest BCUT2D eigenvalue weighted by Crippen LogP contribution is 2.24. The van der Waals surface area contributed by atoms with E-state index in [0.29, 0.717) is 6.04 Å². The molecule has 0 aliphatic heterocycles. The number of methoxy groups -OCH3 is 1. The van der Waals surface area contributed by atoms with E-state index >= 15 is 0 Å². The SMILES string of the molecule is CCN(Cc1cc(OC)ccc1Br)C(C)CN(C)C. The standard InChI is InChI=1S/C15H25BrN2O/c1-6-18(12(2)10-17(3)4)11-13-9-14(19-5)7-8-15(13)16/h7-9,12H,6,10-11H2,1-5H3. The van der Waals surface area contributed by atoms with E-state index in [9.17, 15) is 0 Å². The Kier molecular flexibility index (Phi) is 6.83. The molecule has 0 heterocycles. The second kappa shape index (κ2) is 7.88. The van der Waals surface area contributed by atoms with Gasteiger partial charge in [0.05, 0.1) is 7.11 Å². The molecular weight excluding hydrogens is 304 g/mol. The Morgan fingerprint density at radius 3 is 2.53 bits per heavy atom. The minimum absolute atomic E-state index is 0.526. The molecule has 0 saturated heterocycles. The van der Waals surface area contributed by atoms with Crippen molar-refractivity contribution in [3.63, 3.8) is 0 Å². The van der Waals surface area contributed by atoms with Crippen LogP contribution in [0.2, 0.25) is 0 Å². The van der Waals surface area contributed by atoms with Gasteiger partial charge in [-0.25, -0.2) is 0 Å². The number of benzene rings is 1. The molecule has 0 saturated carbocycles. The summed E-state index contributed by atoms with van der Waals surface area (Å²) < 4.78 is 6.44. The number of nitrogens with zero attached hydrogens (tertiary/aromatic N) is 2. The largest absolute Gasteiger partial charge is 0.497 e. The fourth-order valence-electron chi connectivity index (χ4n) is 2.24. The molecule has 1 rings (SSSR count). The Balaban J connectivity index is 2.80. The molecular formula is C15H25BrN2O. The number of ether oxygens (including phenoxy) is 1. The van der Waals surface area contributed by atoms with Crippen LogP contribution in [0.25, 0.3) is 0 Å². The predicted octanol–water partition coefficient (Wildman–Crippen LogP) is 3.23. The van der Waals surface area contributed by atoms with Crippen molar-refractivity contribution in [2.24, 2.45) is 0 Å². The molecule has 0 spiro atoms. The highest BCUT2D eigenvalue weighted by molar-refractivity contribution is 9.10. The summed E-state index contributed by atoms with van der Waals surface area (Å²) in [6.07, 6.45) is 0. The number of hydrogen-bond donors (Lipinski definition) is 0. The number of likely N-dealkylation sites (N-methyl/N-ethyl adjacent to an activating group) is 2. The normalized spacial score (nSPS) is 13.1. The molecule has 0 radical (unpaired) electrons. The zero-order valence-corrected chi connectivity index (χ0v) is 14.2. The lowest BCUT2D eigenvalue weighted by Crippen LogP contribution is -2.39. The molecule has 0 aromatic heterocycles. The molecule has 0 aliphatic carbocycles. The molecule has 1 atom stereocenters. The minimum Gasteiger partial charge on any atom is -0.497 e. The van der Waals surface area contributed by atoms with Crippen LogP contribution in [0.1, 0.15) is 19.4 Å². The third-order valence-corrected chi connectivity index (χ3v) is 4.06. The van der Waals surface area contributed by atoms with Crippen LogP contribution in [-0.2, 0) is 6.54 Å². The zero-order valence-electron chi connectivity index (χ0n) is 12.6. The highest BCUT2D eigenvalue weighted by atomic mass is 79.9. The summed E-state index contributed by atoms with van der Waals surface area (Å²) >= 11 is 3.62. The first-order valence-electron chi connectivity index (χ1n) is 6.69. The predicted molar refractivity (Wildman–Crippen MR) is 84.8 cm³/mol. The van der Waals surface area contributed by atoms with E-state index in [4.69, 9.17) is 4.74 Å². The average Bonchev–Trinajstić information content (AvgIpc) is 2.36. The van der Waals surface area contributed by atoms with E-state index < -0.39 is 0 Å². The first-order valence-corrected chi connectivity index (χ1v) is 7.48. The topological polar surface area (TPSA) is 15.7 Å². The van der Waals surface area contributed by atoms with Gasteiger partial charge in [0.1, 0.15) is 5.75 Å². The van der Waals surface area contributed by atoms with Gasteiger partial charge in [-0.05, 0) is 51.3 Å². The Bertz CT molecular complexity index is 396. The molecule has 0 N–H and O–H groups in total. The fourth-order valence-corrected chi connectivity index (χ4v) is 2.61. The van der Waals surface area contributed by atoms with Crippen LogP contribution in [0.15, 0.2) is 22.7 Å². The monoisotopic (exact) mass is 328 g/mol. The molecule has 0 amide bonds. The molecule has 1 aromatic rings. The third kappa shape index (κ3) is 5.13. The Morgan fingerprint density at radius 2 is 2.00 bits per heavy atom. The molecule has 0 fully saturated rings. The van der Waals surface area contributed by atoms with Crippen LogP contribution < -0.4 is 4.74 Å². The van der Waals surface area contributed by atoms with Gasteiger partial charge in [-0.2, -0.15) is 0 Å². The van der Waals surface area contributed by atoms with Gasteiger partial charge in [-0.1, -0.05) is 22.9 Å². The zero-order chi connectivity index (χ0) is 14.4. The van der Waals surface area contributed by atoms with E-state index in [-0.39, 0.29) is 0 Å². The van der Waals surface area contributed by atoms with Crippen molar-refractivity contribution < 1.29 is 4.74 Å². The molecule has 3 nitrogen and oxygen atoms in total. The number of hydrogen-bond acceptors (Lipinski definition) is 3. The van der Waals surface area contributed by atoms with E-state index in [1.807, 2.05) is 6.07 Å².